The normalized spacial score (nSPS) is 12.2. The van der Waals surface area contributed by atoms with Gasteiger partial charge in [0.05, 0.1) is 22.2 Å². The number of nitrogens with zero attached hydrogens (tertiary/aromatic N) is 2. The number of carbonyl (C=O) groups is 1. The smallest absolute Gasteiger partial charge is 0.360 e. The number of alkyl halides is 3. The summed E-state index contributed by atoms with van der Waals surface area (Å²) in [5.74, 6) is -0.622. The van der Waals surface area contributed by atoms with E-state index in [1.807, 2.05) is 0 Å². The van der Waals surface area contributed by atoms with E-state index in [-0.39, 0.29) is 11.3 Å². The van der Waals surface area contributed by atoms with Gasteiger partial charge < -0.3 is 4.52 Å². The molecule has 0 saturated heterocycles. The first-order chi connectivity index (χ1) is 10.9. The first kappa shape index (κ1) is 17.6. The number of aromatic nitrogens is 1. The Morgan fingerprint density at radius 3 is 2.33 bits per heavy atom. The van der Waals surface area contributed by atoms with Crippen LogP contribution in [0.2, 0.25) is 0 Å². The van der Waals surface area contributed by atoms with E-state index in [2.05, 4.69) is 5.16 Å². The maximum atomic E-state index is 12.7. The molecule has 0 N–H and O–H groups in total. The van der Waals surface area contributed by atoms with Gasteiger partial charge in [-0.05, 0) is 12.1 Å². The summed E-state index contributed by atoms with van der Waals surface area (Å²) in [4.78, 5) is 22.7. The summed E-state index contributed by atoms with van der Waals surface area (Å²) in [7, 11) is 0. The number of hydrogen-bond acceptors (Lipinski definition) is 5. The summed E-state index contributed by atoms with van der Waals surface area (Å²) in [5.41, 5.74) is -3.21. The summed E-state index contributed by atoms with van der Waals surface area (Å²) in [6.07, 6.45) is -3.65. The highest BCUT2D eigenvalue weighted by Crippen LogP contribution is 2.35. The second-order valence-corrected chi connectivity index (χ2v) is 6.13. The molecule has 0 spiro atoms. The van der Waals surface area contributed by atoms with Gasteiger partial charge in [-0.15, -0.1) is 0 Å². The molecule has 2 aromatic rings. The van der Waals surface area contributed by atoms with Gasteiger partial charge in [0, 0.05) is 11.5 Å². The quantitative estimate of drug-likeness (QED) is 0.475. The largest absolute Gasteiger partial charge is 0.416 e. The van der Waals surface area contributed by atoms with Gasteiger partial charge in [-0.1, -0.05) is 25.9 Å². The van der Waals surface area contributed by atoms with Crippen molar-refractivity contribution in [1.29, 1.82) is 0 Å². The van der Waals surface area contributed by atoms with E-state index >= 15 is 0 Å². The van der Waals surface area contributed by atoms with Crippen LogP contribution in [0.5, 0.6) is 0 Å². The van der Waals surface area contributed by atoms with Crippen molar-refractivity contribution in [3.05, 3.63) is 57.0 Å². The summed E-state index contributed by atoms with van der Waals surface area (Å²) >= 11 is 0. The van der Waals surface area contributed by atoms with Gasteiger partial charge in [0.15, 0.2) is 5.76 Å². The van der Waals surface area contributed by atoms with Crippen LogP contribution in [0.3, 0.4) is 0 Å². The number of hydrogen-bond donors (Lipinski definition) is 0. The number of benzene rings is 1. The summed E-state index contributed by atoms with van der Waals surface area (Å²) < 4.78 is 43.2. The van der Waals surface area contributed by atoms with Crippen molar-refractivity contribution in [1.82, 2.24) is 5.16 Å². The molecule has 0 aliphatic heterocycles. The first-order valence-corrected chi connectivity index (χ1v) is 6.78. The third kappa shape index (κ3) is 3.29. The summed E-state index contributed by atoms with van der Waals surface area (Å²) in [6.45, 7) is 5.22. The molecule has 6 nitrogen and oxygen atoms in total. The zero-order chi connectivity index (χ0) is 18.3. The van der Waals surface area contributed by atoms with Crippen LogP contribution in [-0.4, -0.2) is 15.9 Å². The van der Waals surface area contributed by atoms with Crippen molar-refractivity contribution in [3.63, 3.8) is 0 Å². The molecule has 0 fully saturated rings. The van der Waals surface area contributed by atoms with Crippen molar-refractivity contribution in [3.8, 4) is 0 Å². The lowest BCUT2D eigenvalue weighted by atomic mass is 9.88. The summed E-state index contributed by atoms with van der Waals surface area (Å²) in [6, 6.07) is 1.77. The molecule has 0 amide bonds. The minimum Gasteiger partial charge on any atom is -0.360 e. The van der Waals surface area contributed by atoms with Crippen LogP contribution in [-0.2, 0) is 11.6 Å². The van der Waals surface area contributed by atoms with E-state index in [1.165, 1.54) is 0 Å². The van der Waals surface area contributed by atoms with E-state index in [0.717, 1.165) is 12.3 Å². The molecular weight excluding hydrogens is 329 g/mol. The van der Waals surface area contributed by atoms with E-state index in [9.17, 15) is 28.1 Å². The second-order valence-electron chi connectivity index (χ2n) is 6.13. The predicted molar refractivity (Wildman–Crippen MR) is 76.7 cm³/mol. The molecule has 0 aliphatic carbocycles. The fourth-order valence-corrected chi connectivity index (χ4v) is 2.14. The maximum Gasteiger partial charge on any atom is 0.416 e. The number of carbonyl (C=O) groups excluding carboxylic acids is 1. The highest BCUT2D eigenvalue weighted by Gasteiger charge is 2.35. The van der Waals surface area contributed by atoms with Gasteiger partial charge in [0.25, 0.3) is 5.69 Å². The van der Waals surface area contributed by atoms with Crippen LogP contribution >= 0.6 is 0 Å². The van der Waals surface area contributed by atoms with Crippen molar-refractivity contribution in [2.45, 2.75) is 32.4 Å². The van der Waals surface area contributed by atoms with Gasteiger partial charge >= 0.3 is 6.18 Å². The second kappa shape index (κ2) is 5.73. The SMILES string of the molecule is CC(C)(C)c1oncc1C(=O)c1ccc(C(F)(F)F)cc1[N+](=O)[O-]. The van der Waals surface area contributed by atoms with E-state index in [4.69, 9.17) is 4.52 Å². The van der Waals surface area contributed by atoms with Gasteiger partial charge in [0.2, 0.25) is 5.78 Å². The number of halogens is 3. The highest BCUT2D eigenvalue weighted by molar-refractivity contribution is 6.12. The predicted octanol–water partition coefficient (Wildman–Crippen LogP) is 4.13. The number of ketones is 1. The maximum absolute atomic E-state index is 12.7. The topological polar surface area (TPSA) is 86.2 Å². The molecule has 1 aromatic carbocycles. The summed E-state index contributed by atoms with van der Waals surface area (Å²) in [5, 5.41) is 14.6. The van der Waals surface area contributed by atoms with Gasteiger partial charge in [-0.3, -0.25) is 14.9 Å². The van der Waals surface area contributed by atoms with E-state index in [1.54, 1.807) is 20.8 Å². The Morgan fingerprint density at radius 1 is 1.21 bits per heavy atom. The average Bonchev–Trinajstić information content (AvgIpc) is 2.94. The molecule has 0 radical (unpaired) electrons. The van der Waals surface area contributed by atoms with E-state index in [0.29, 0.717) is 12.1 Å². The zero-order valence-corrected chi connectivity index (χ0v) is 13.0. The molecule has 0 atom stereocenters. The van der Waals surface area contributed by atoms with Gasteiger partial charge in [-0.25, -0.2) is 0 Å². The van der Waals surface area contributed by atoms with Crippen LogP contribution in [0.25, 0.3) is 0 Å². The molecular formula is C15H13F3N2O4. The fraction of sp³-hybridized carbons (Fsp3) is 0.333. The minimum absolute atomic E-state index is 0.0228. The molecule has 0 aliphatic rings. The molecule has 0 bridgehead atoms. The first-order valence-electron chi connectivity index (χ1n) is 6.78. The third-order valence-electron chi connectivity index (χ3n) is 3.26. The van der Waals surface area contributed by atoms with Crippen LogP contribution in [0.4, 0.5) is 18.9 Å². The lowest BCUT2D eigenvalue weighted by Gasteiger charge is -2.15. The van der Waals surface area contributed by atoms with Crippen LogP contribution in [0, 0.1) is 10.1 Å². The lowest BCUT2D eigenvalue weighted by Crippen LogP contribution is -2.16. The minimum atomic E-state index is -4.75. The van der Waals surface area contributed by atoms with Crippen LogP contribution in [0.1, 0.15) is 48.0 Å². The third-order valence-corrected chi connectivity index (χ3v) is 3.26. The Hall–Kier alpha value is -2.71. The lowest BCUT2D eigenvalue weighted by molar-refractivity contribution is -0.385. The van der Waals surface area contributed by atoms with Crippen molar-refractivity contribution >= 4 is 11.5 Å². The molecule has 2 rings (SSSR count). The molecule has 9 heteroatoms. The zero-order valence-electron chi connectivity index (χ0n) is 13.0. The fourth-order valence-electron chi connectivity index (χ4n) is 2.14. The monoisotopic (exact) mass is 342 g/mol. The molecule has 0 unspecified atom stereocenters. The Kier molecular flexibility index (Phi) is 4.21. The molecule has 1 heterocycles. The standard InChI is InChI=1S/C15H13F3N2O4/c1-14(2,3)13-10(7-19-24-13)12(21)9-5-4-8(15(16,17)18)6-11(9)20(22)23/h4-7H,1-3H3. The van der Waals surface area contributed by atoms with Crippen LogP contribution < -0.4 is 0 Å². The molecule has 0 saturated carbocycles. The Balaban J connectivity index is 2.59. The Morgan fingerprint density at radius 2 is 1.83 bits per heavy atom. The highest BCUT2D eigenvalue weighted by atomic mass is 19.4. The molecule has 1 aromatic heterocycles. The number of rotatable bonds is 3. The van der Waals surface area contributed by atoms with Crippen molar-refractivity contribution in [2.24, 2.45) is 0 Å². The van der Waals surface area contributed by atoms with E-state index < -0.39 is 39.1 Å². The molecule has 128 valence electrons. The number of nitro groups is 1. The Labute approximate surface area is 134 Å². The molecule has 24 heavy (non-hydrogen) atoms. The average molecular weight is 342 g/mol. The van der Waals surface area contributed by atoms with Crippen molar-refractivity contribution in [2.75, 3.05) is 0 Å². The number of nitro benzene ring substituents is 1. The van der Waals surface area contributed by atoms with Crippen molar-refractivity contribution < 1.29 is 27.4 Å². The van der Waals surface area contributed by atoms with Crippen LogP contribution in [0.15, 0.2) is 28.9 Å². The van der Waals surface area contributed by atoms with Gasteiger partial charge in [0.1, 0.15) is 5.56 Å². The Bertz CT molecular complexity index is 804. The van der Waals surface area contributed by atoms with Gasteiger partial charge in [-0.2, -0.15) is 13.2 Å².